The maximum atomic E-state index is 12.2. The Morgan fingerprint density at radius 3 is 2.16 bits per heavy atom. The van der Waals surface area contributed by atoms with Crippen molar-refractivity contribution < 1.29 is 9.53 Å². The highest BCUT2D eigenvalue weighted by molar-refractivity contribution is 5.78. The van der Waals surface area contributed by atoms with Crippen LogP contribution in [0.3, 0.4) is 0 Å². The molecule has 0 radical (unpaired) electrons. The highest BCUT2D eigenvalue weighted by Gasteiger charge is 2.15. The highest BCUT2D eigenvalue weighted by atomic mass is 16.5. The van der Waals surface area contributed by atoms with E-state index in [0.29, 0.717) is 5.75 Å². The molecule has 2 aromatic rings. The Morgan fingerprint density at radius 1 is 1.04 bits per heavy atom. The van der Waals surface area contributed by atoms with Crippen molar-refractivity contribution in [3.63, 3.8) is 0 Å². The molecule has 0 aliphatic heterocycles. The Bertz CT molecular complexity index is 681. The summed E-state index contributed by atoms with van der Waals surface area (Å²) in [4.78, 5) is 12.2. The normalized spacial score (nSPS) is 12.5. The average molecular weight is 339 g/mol. The molecule has 0 saturated heterocycles. The van der Waals surface area contributed by atoms with Gasteiger partial charge in [0.15, 0.2) is 6.61 Å². The van der Waals surface area contributed by atoms with E-state index in [-0.39, 0.29) is 24.0 Å². The standard InChI is InChI=1S/C22H29NO2/c1-6-20(17-9-7-16(2)8-10-17)23-21(24)15-25-19-13-11-18(12-14-19)22(3,4)5/h7-14,20H,6,15H2,1-5H3,(H,23,24)/t20-/m1/s1. The number of aryl methyl sites for hydroxylation is 1. The highest BCUT2D eigenvalue weighted by Crippen LogP contribution is 2.24. The monoisotopic (exact) mass is 339 g/mol. The van der Waals surface area contributed by atoms with Crippen LogP contribution in [0.4, 0.5) is 0 Å². The maximum Gasteiger partial charge on any atom is 0.258 e. The van der Waals surface area contributed by atoms with E-state index in [4.69, 9.17) is 4.74 Å². The summed E-state index contributed by atoms with van der Waals surface area (Å²) >= 11 is 0. The minimum atomic E-state index is -0.104. The van der Waals surface area contributed by atoms with Crippen molar-refractivity contribution in [2.45, 2.75) is 52.5 Å². The Balaban J connectivity index is 1.90. The molecule has 134 valence electrons. The number of rotatable bonds is 6. The smallest absolute Gasteiger partial charge is 0.258 e. The minimum absolute atomic E-state index is 0.0139. The quantitative estimate of drug-likeness (QED) is 0.809. The van der Waals surface area contributed by atoms with Gasteiger partial charge in [-0.15, -0.1) is 0 Å². The SMILES string of the molecule is CC[C@@H](NC(=O)COc1ccc(C(C)(C)C)cc1)c1ccc(C)cc1. The zero-order valence-corrected chi connectivity index (χ0v) is 15.9. The first-order chi connectivity index (χ1) is 11.8. The van der Waals surface area contributed by atoms with Crippen LogP contribution in [-0.4, -0.2) is 12.5 Å². The molecule has 0 saturated carbocycles. The molecule has 0 aromatic heterocycles. The second kappa shape index (κ2) is 8.19. The van der Waals surface area contributed by atoms with Crippen molar-refractivity contribution in [1.29, 1.82) is 0 Å². The van der Waals surface area contributed by atoms with Crippen LogP contribution < -0.4 is 10.1 Å². The third-order valence-corrected chi connectivity index (χ3v) is 4.31. The molecule has 1 amide bonds. The topological polar surface area (TPSA) is 38.3 Å². The lowest BCUT2D eigenvalue weighted by atomic mass is 9.87. The molecule has 0 spiro atoms. The van der Waals surface area contributed by atoms with Gasteiger partial charge in [-0.1, -0.05) is 69.7 Å². The van der Waals surface area contributed by atoms with Crippen molar-refractivity contribution in [2.24, 2.45) is 0 Å². The number of nitrogens with one attached hydrogen (secondary N) is 1. The van der Waals surface area contributed by atoms with E-state index in [9.17, 15) is 4.79 Å². The van der Waals surface area contributed by atoms with Gasteiger partial charge in [-0.3, -0.25) is 4.79 Å². The first kappa shape index (κ1) is 19.0. The van der Waals surface area contributed by atoms with Gasteiger partial charge >= 0.3 is 0 Å². The maximum absolute atomic E-state index is 12.2. The number of carbonyl (C=O) groups is 1. The van der Waals surface area contributed by atoms with E-state index >= 15 is 0 Å². The molecule has 0 aliphatic rings. The van der Waals surface area contributed by atoms with Crippen molar-refractivity contribution in [3.8, 4) is 5.75 Å². The van der Waals surface area contributed by atoms with Gasteiger partial charge in [0.2, 0.25) is 0 Å². The molecule has 0 fully saturated rings. The number of hydrogen-bond acceptors (Lipinski definition) is 2. The van der Waals surface area contributed by atoms with Gasteiger partial charge in [-0.25, -0.2) is 0 Å². The Hall–Kier alpha value is -2.29. The predicted octanol–water partition coefficient (Wildman–Crippen LogP) is 4.94. The van der Waals surface area contributed by atoms with Gasteiger partial charge in [-0.2, -0.15) is 0 Å². The molecule has 3 nitrogen and oxygen atoms in total. The molecular formula is C22H29NO2. The molecular weight excluding hydrogens is 310 g/mol. The van der Waals surface area contributed by atoms with Crippen LogP contribution in [0.15, 0.2) is 48.5 Å². The van der Waals surface area contributed by atoms with Crippen molar-refractivity contribution in [3.05, 3.63) is 65.2 Å². The fraction of sp³-hybridized carbons (Fsp3) is 0.409. The van der Waals surface area contributed by atoms with Crippen molar-refractivity contribution >= 4 is 5.91 Å². The molecule has 2 aromatic carbocycles. The lowest BCUT2D eigenvalue weighted by Crippen LogP contribution is -2.32. The second-order valence-electron chi connectivity index (χ2n) is 7.50. The molecule has 25 heavy (non-hydrogen) atoms. The summed E-state index contributed by atoms with van der Waals surface area (Å²) in [5, 5.41) is 3.04. The van der Waals surface area contributed by atoms with Gasteiger partial charge in [-0.05, 0) is 42.0 Å². The fourth-order valence-corrected chi connectivity index (χ4v) is 2.66. The summed E-state index contributed by atoms with van der Waals surface area (Å²) in [6.45, 7) is 10.7. The number of ether oxygens (including phenoxy) is 1. The first-order valence-corrected chi connectivity index (χ1v) is 8.89. The van der Waals surface area contributed by atoms with Gasteiger partial charge < -0.3 is 10.1 Å². The number of hydrogen-bond donors (Lipinski definition) is 1. The second-order valence-corrected chi connectivity index (χ2v) is 7.50. The summed E-state index contributed by atoms with van der Waals surface area (Å²) < 4.78 is 5.62. The lowest BCUT2D eigenvalue weighted by molar-refractivity contribution is -0.123. The summed E-state index contributed by atoms with van der Waals surface area (Å²) in [6.07, 6.45) is 0.842. The zero-order valence-electron chi connectivity index (χ0n) is 15.9. The molecule has 0 unspecified atom stereocenters. The van der Waals surface area contributed by atoms with Gasteiger partial charge in [0, 0.05) is 0 Å². The Kier molecular flexibility index (Phi) is 6.24. The minimum Gasteiger partial charge on any atom is -0.484 e. The predicted molar refractivity (Wildman–Crippen MR) is 103 cm³/mol. The Morgan fingerprint density at radius 2 is 1.64 bits per heavy atom. The number of amides is 1. The van der Waals surface area contributed by atoms with E-state index in [1.165, 1.54) is 11.1 Å². The van der Waals surface area contributed by atoms with E-state index in [1.54, 1.807) is 0 Å². The first-order valence-electron chi connectivity index (χ1n) is 8.89. The largest absolute Gasteiger partial charge is 0.484 e. The molecule has 1 atom stereocenters. The number of benzene rings is 2. The number of carbonyl (C=O) groups excluding carboxylic acids is 1. The third kappa shape index (κ3) is 5.63. The Labute approximate surface area is 151 Å². The van der Waals surface area contributed by atoms with Gasteiger partial charge in [0.05, 0.1) is 6.04 Å². The van der Waals surface area contributed by atoms with Crippen LogP contribution in [0.25, 0.3) is 0 Å². The molecule has 3 heteroatoms. The summed E-state index contributed by atoms with van der Waals surface area (Å²) in [5.41, 5.74) is 3.69. The third-order valence-electron chi connectivity index (χ3n) is 4.31. The van der Waals surface area contributed by atoms with Crippen LogP contribution >= 0.6 is 0 Å². The van der Waals surface area contributed by atoms with Crippen LogP contribution in [0.5, 0.6) is 5.75 Å². The lowest BCUT2D eigenvalue weighted by Gasteiger charge is -2.20. The van der Waals surface area contributed by atoms with Crippen LogP contribution in [0.2, 0.25) is 0 Å². The van der Waals surface area contributed by atoms with Crippen molar-refractivity contribution in [1.82, 2.24) is 5.32 Å². The fourth-order valence-electron chi connectivity index (χ4n) is 2.66. The van der Waals surface area contributed by atoms with Gasteiger partial charge in [0.25, 0.3) is 5.91 Å². The summed E-state index contributed by atoms with van der Waals surface area (Å²) in [7, 11) is 0. The van der Waals surface area contributed by atoms with Gasteiger partial charge in [0.1, 0.15) is 5.75 Å². The molecule has 0 bridgehead atoms. The van der Waals surface area contributed by atoms with Crippen LogP contribution in [0.1, 0.15) is 56.8 Å². The molecule has 0 aliphatic carbocycles. The van der Waals surface area contributed by atoms with Crippen LogP contribution in [-0.2, 0) is 10.2 Å². The van der Waals surface area contributed by atoms with E-state index in [2.05, 4.69) is 64.2 Å². The molecule has 1 N–H and O–H groups in total. The molecule has 2 rings (SSSR count). The van der Waals surface area contributed by atoms with E-state index in [0.717, 1.165) is 12.0 Å². The average Bonchev–Trinajstić information content (AvgIpc) is 2.58. The van der Waals surface area contributed by atoms with Crippen LogP contribution in [0, 0.1) is 6.92 Å². The summed E-state index contributed by atoms with van der Waals surface area (Å²) in [6, 6.07) is 16.2. The van der Waals surface area contributed by atoms with E-state index < -0.39 is 0 Å². The van der Waals surface area contributed by atoms with E-state index in [1.807, 2.05) is 24.3 Å². The zero-order chi connectivity index (χ0) is 18.4. The molecule has 0 heterocycles. The van der Waals surface area contributed by atoms with Crippen molar-refractivity contribution in [2.75, 3.05) is 6.61 Å². The summed E-state index contributed by atoms with van der Waals surface area (Å²) in [5.74, 6) is 0.610.